The van der Waals surface area contributed by atoms with Gasteiger partial charge in [0.2, 0.25) is 0 Å². The van der Waals surface area contributed by atoms with Crippen molar-refractivity contribution in [2.75, 3.05) is 6.61 Å². The normalized spacial score (nSPS) is 31.7. The van der Waals surface area contributed by atoms with Crippen LogP contribution in [0.3, 0.4) is 0 Å². The molecule has 0 aromatic carbocycles. The van der Waals surface area contributed by atoms with Gasteiger partial charge in [0.05, 0.1) is 12.7 Å². The van der Waals surface area contributed by atoms with Gasteiger partial charge in [-0.15, -0.1) is 0 Å². The van der Waals surface area contributed by atoms with Crippen LogP contribution in [0.4, 0.5) is 0 Å². The summed E-state index contributed by atoms with van der Waals surface area (Å²) in [5.74, 6) is 0. The lowest BCUT2D eigenvalue weighted by atomic mass is 9.99. The zero-order valence-electron chi connectivity index (χ0n) is 14.4. The van der Waals surface area contributed by atoms with Crippen LogP contribution in [0.1, 0.15) is 65.2 Å². The minimum atomic E-state index is -1.38. The molecule has 0 amide bonds. The molecule has 0 spiro atoms. The maximum Gasteiger partial charge on any atom is 0.186 e. The summed E-state index contributed by atoms with van der Waals surface area (Å²) in [6.45, 7) is 3.86. The van der Waals surface area contributed by atoms with Crippen LogP contribution in [-0.4, -0.2) is 63.8 Å². The zero-order valence-corrected chi connectivity index (χ0v) is 14.4. The molecule has 0 aromatic rings. The number of unbranched alkanes of at least 4 members (excludes halogenated alkanes) is 4. The van der Waals surface area contributed by atoms with E-state index >= 15 is 0 Å². The first-order valence-corrected chi connectivity index (χ1v) is 9.01. The van der Waals surface area contributed by atoms with E-state index < -0.39 is 37.3 Å². The van der Waals surface area contributed by atoms with E-state index in [4.69, 9.17) is 9.47 Å². The standard InChI is InChI=1S/C17H34O6/c1-3-5-7-9-12(10-8-6-4-2)22-17-16(21)15(20)14(19)13(11-18)23-17/h12-21H,3-11H2,1-2H3/t13-,14-,15+,16-,17-/m1/s1. The lowest BCUT2D eigenvalue weighted by Gasteiger charge is -2.41. The van der Waals surface area contributed by atoms with Gasteiger partial charge in [0.1, 0.15) is 24.4 Å². The second kappa shape index (κ2) is 11.3. The Labute approximate surface area is 139 Å². The predicted molar refractivity (Wildman–Crippen MR) is 86.9 cm³/mol. The molecule has 1 saturated heterocycles. The molecular formula is C17H34O6. The van der Waals surface area contributed by atoms with Crippen molar-refractivity contribution in [2.24, 2.45) is 0 Å². The molecular weight excluding hydrogens is 300 g/mol. The van der Waals surface area contributed by atoms with Gasteiger partial charge in [0.25, 0.3) is 0 Å². The Morgan fingerprint density at radius 3 is 1.91 bits per heavy atom. The fourth-order valence-electron chi connectivity index (χ4n) is 2.89. The van der Waals surface area contributed by atoms with Crippen LogP contribution in [0.25, 0.3) is 0 Å². The predicted octanol–water partition coefficient (Wildman–Crippen LogP) is 1.33. The van der Waals surface area contributed by atoms with Gasteiger partial charge in [-0.05, 0) is 12.8 Å². The second-order valence-electron chi connectivity index (χ2n) is 6.45. The first-order chi connectivity index (χ1) is 11.0. The van der Waals surface area contributed by atoms with Gasteiger partial charge < -0.3 is 29.9 Å². The quantitative estimate of drug-likeness (QED) is 0.426. The molecule has 138 valence electrons. The van der Waals surface area contributed by atoms with Crippen molar-refractivity contribution in [2.45, 2.75) is 102 Å². The molecule has 5 atom stereocenters. The summed E-state index contributed by atoms with van der Waals surface area (Å²) >= 11 is 0. The molecule has 0 aromatic heterocycles. The Balaban J connectivity index is 2.59. The summed E-state index contributed by atoms with van der Waals surface area (Å²) in [7, 11) is 0. The van der Waals surface area contributed by atoms with Crippen molar-refractivity contribution in [3.8, 4) is 0 Å². The summed E-state index contributed by atoms with van der Waals surface area (Å²) in [6.07, 6.45) is 2.36. The smallest absolute Gasteiger partial charge is 0.186 e. The van der Waals surface area contributed by atoms with Gasteiger partial charge in [-0.1, -0.05) is 52.4 Å². The van der Waals surface area contributed by atoms with Crippen LogP contribution in [0.5, 0.6) is 0 Å². The minimum absolute atomic E-state index is 0.0467. The third-order valence-corrected chi connectivity index (χ3v) is 4.43. The molecule has 1 fully saturated rings. The van der Waals surface area contributed by atoms with E-state index in [-0.39, 0.29) is 6.10 Å². The molecule has 0 saturated carbocycles. The Bertz CT molecular complexity index is 289. The van der Waals surface area contributed by atoms with Crippen molar-refractivity contribution >= 4 is 0 Å². The van der Waals surface area contributed by atoms with E-state index in [0.717, 1.165) is 51.4 Å². The van der Waals surface area contributed by atoms with Crippen LogP contribution in [0.2, 0.25) is 0 Å². The Kier molecular flexibility index (Phi) is 10.3. The molecule has 1 aliphatic rings. The topological polar surface area (TPSA) is 99.4 Å². The monoisotopic (exact) mass is 334 g/mol. The van der Waals surface area contributed by atoms with E-state index in [1.807, 2.05) is 0 Å². The Hall–Kier alpha value is -0.240. The molecule has 0 radical (unpaired) electrons. The molecule has 1 rings (SSSR count). The molecule has 0 aliphatic carbocycles. The van der Waals surface area contributed by atoms with Crippen LogP contribution in [0, 0.1) is 0 Å². The maximum atomic E-state index is 10.1. The van der Waals surface area contributed by atoms with E-state index in [0.29, 0.717) is 0 Å². The molecule has 0 bridgehead atoms. The van der Waals surface area contributed by atoms with Crippen LogP contribution in [-0.2, 0) is 9.47 Å². The fourth-order valence-corrected chi connectivity index (χ4v) is 2.89. The summed E-state index contributed by atoms with van der Waals surface area (Å²) in [5, 5.41) is 38.9. The Morgan fingerprint density at radius 2 is 1.43 bits per heavy atom. The first kappa shape index (κ1) is 20.8. The van der Waals surface area contributed by atoms with Gasteiger partial charge in [-0.3, -0.25) is 0 Å². The molecule has 23 heavy (non-hydrogen) atoms. The van der Waals surface area contributed by atoms with Crippen LogP contribution in [0.15, 0.2) is 0 Å². The SMILES string of the molecule is CCCCCC(CCCCC)O[C@@H]1O[C@H](CO)[C@@H](O)[C@H](O)[C@H]1O. The molecule has 0 unspecified atom stereocenters. The highest BCUT2D eigenvalue weighted by molar-refractivity contribution is 4.89. The highest BCUT2D eigenvalue weighted by Gasteiger charge is 2.44. The number of aliphatic hydroxyl groups is 4. The molecule has 6 heteroatoms. The van der Waals surface area contributed by atoms with Crippen molar-refractivity contribution in [1.29, 1.82) is 0 Å². The maximum absolute atomic E-state index is 10.1. The number of hydrogen-bond donors (Lipinski definition) is 4. The van der Waals surface area contributed by atoms with Crippen LogP contribution >= 0.6 is 0 Å². The molecule has 6 nitrogen and oxygen atoms in total. The number of rotatable bonds is 11. The summed E-state index contributed by atoms with van der Waals surface area (Å²) in [5.41, 5.74) is 0. The van der Waals surface area contributed by atoms with Crippen molar-refractivity contribution < 1.29 is 29.9 Å². The minimum Gasteiger partial charge on any atom is -0.394 e. The molecule has 4 N–H and O–H groups in total. The van der Waals surface area contributed by atoms with Gasteiger partial charge in [0.15, 0.2) is 6.29 Å². The van der Waals surface area contributed by atoms with Crippen molar-refractivity contribution in [1.82, 2.24) is 0 Å². The van der Waals surface area contributed by atoms with Gasteiger partial charge >= 0.3 is 0 Å². The third kappa shape index (κ3) is 6.64. The largest absolute Gasteiger partial charge is 0.394 e. The lowest BCUT2D eigenvalue weighted by molar-refractivity contribution is -0.312. The average molecular weight is 334 g/mol. The van der Waals surface area contributed by atoms with E-state index in [1.165, 1.54) is 0 Å². The molecule has 1 aliphatic heterocycles. The lowest BCUT2D eigenvalue weighted by Crippen LogP contribution is -2.59. The number of ether oxygens (including phenoxy) is 2. The summed E-state index contributed by atoms with van der Waals surface area (Å²) in [4.78, 5) is 0. The summed E-state index contributed by atoms with van der Waals surface area (Å²) in [6, 6.07) is 0. The number of aliphatic hydroxyl groups excluding tert-OH is 4. The zero-order chi connectivity index (χ0) is 17.2. The highest BCUT2D eigenvalue weighted by Crippen LogP contribution is 2.25. The number of hydrogen-bond acceptors (Lipinski definition) is 6. The molecule has 1 heterocycles. The van der Waals surface area contributed by atoms with Crippen LogP contribution < -0.4 is 0 Å². The Morgan fingerprint density at radius 1 is 0.870 bits per heavy atom. The highest BCUT2D eigenvalue weighted by atomic mass is 16.7. The first-order valence-electron chi connectivity index (χ1n) is 9.01. The van der Waals surface area contributed by atoms with Crippen molar-refractivity contribution in [3.63, 3.8) is 0 Å². The summed E-state index contributed by atoms with van der Waals surface area (Å²) < 4.78 is 11.3. The van der Waals surface area contributed by atoms with E-state index in [2.05, 4.69) is 13.8 Å². The average Bonchev–Trinajstić information content (AvgIpc) is 2.55. The van der Waals surface area contributed by atoms with Crippen molar-refractivity contribution in [3.05, 3.63) is 0 Å². The fraction of sp³-hybridized carbons (Fsp3) is 1.00. The van der Waals surface area contributed by atoms with E-state index in [9.17, 15) is 20.4 Å². The third-order valence-electron chi connectivity index (χ3n) is 4.43. The van der Waals surface area contributed by atoms with Gasteiger partial charge in [-0.2, -0.15) is 0 Å². The second-order valence-corrected chi connectivity index (χ2v) is 6.45. The van der Waals surface area contributed by atoms with Gasteiger partial charge in [-0.25, -0.2) is 0 Å². The van der Waals surface area contributed by atoms with Gasteiger partial charge in [0, 0.05) is 0 Å². The van der Waals surface area contributed by atoms with E-state index in [1.54, 1.807) is 0 Å².